The number of halogens is 3. The predicted octanol–water partition coefficient (Wildman–Crippen LogP) is 4.21. The van der Waals surface area contributed by atoms with Gasteiger partial charge in [0.2, 0.25) is 0 Å². The summed E-state index contributed by atoms with van der Waals surface area (Å²) in [6.07, 6.45) is -1.27. The molecule has 0 heterocycles. The molecule has 1 aliphatic rings. The van der Waals surface area contributed by atoms with Crippen LogP contribution >= 0.6 is 15.9 Å². The first kappa shape index (κ1) is 15.2. The van der Waals surface area contributed by atoms with E-state index < -0.39 is 29.6 Å². The normalized spacial score (nSPS) is 24.1. The zero-order valence-corrected chi connectivity index (χ0v) is 13.1. The van der Waals surface area contributed by atoms with Crippen LogP contribution in [0.4, 0.5) is 13.6 Å². The molecule has 1 aliphatic carbocycles. The summed E-state index contributed by atoms with van der Waals surface area (Å²) in [5.74, 6) is -2.98. The number of alkyl halides is 2. The van der Waals surface area contributed by atoms with Crippen LogP contribution in [0.1, 0.15) is 32.8 Å². The molecule has 1 unspecified atom stereocenters. The van der Waals surface area contributed by atoms with Gasteiger partial charge in [0.15, 0.2) is 0 Å². The first-order chi connectivity index (χ1) is 9.07. The molecule has 1 N–H and O–H groups in total. The number of hydrogen-bond donors (Lipinski definition) is 1. The van der Waals surface area contributed by atoms with Crippen molar-refractivity contribution < 1.29 is 18.3 Å². The van der Waals surface area contributed by atoms with Gasteiger partial charge in [0, 0.05) is 10.9 Å². The number of benzene rings is 1. The zero-order chi connectivity index (χ0) is 15.2. The molecule has 1 amide bonds. The van der Waals surface area contributed by atoms with Crippen LogP contribution in [-0.4, -0.2) is 17.6 Å². The van der Waals surface area contributed by atoms with E-state index in [2.05, 4.69) is 21.2 Å². The summed E-state index contributed by atoms with van der Waals surface area (Å²) in [5.41, 5.74) is -2.06. The Morgan fingerprint density at radius 3 is 2.35 bits per heavy atom. The maximum Gasteiger partial charge on any atom is 0.408 e. The Labute approximate surface area is 124 Å². The van der Waals surface area contributed by atoms with Gasteiger partial charge in [-0.05, 0) is 32.4 Å². The van der Waals surface area contributed by atoms with Gasteiger partial charge in [-0.3, -0.25) is 0 Å². The van der Waals surface area contributed by atoms with Gasteiger partial charge in [-0.15, -0.1) is 0 Å². The van der Waals surface area contributed by atoms with Gasteiger partial charge in [0.25, 0.3) is 5.92 Å². The van der Waals surface area contributed by atoms with Crippen molar-refractivity contribution in [2.45, 2.75) is 44.3 Å². The second-order valence-corrected chi connectivity index (χ2v) is 6.75. The lowest BCUT2D eigenvalue weighted by atomic mass is 10.0. The van der Waals surface area contributed by atoms with Crippen molar-refractivity contribution >= 4 is 22.0 Å². The Balaban J connectivity index is 2.26. The number of amides is 1. The average molecular weight is 348 g/mol. The minimum atomic E-state index is -2.98. The van der Waals surface area contributed by atoms with E-state index in [9.17, 15) is 13.6 Å². The lowest BCUT2D eigenvalue weighted by molar-refractivity contribution is 0.0357. The topological polar surface area (TPSA) is 38.3 Å². The predicted molar refractivity (Wildman–Crippen MR) is 74.8 cm³/mol. The molecule has 1 aromatic rings. The standard InChI is InChI=1S/C14H16BrF2NO2/c1-12(2,3)20-11(19)18-13(8-14(13,16)17)9-6-4-5-7-10(9)15/h4-7H,8H2,1-3H3,(H,18,19). The molecule has 0 spiro atoms. The van der Waals surface area contributed by atoms with Crippen LogP contribution in [0.5, 0.6) is 0 Å². The Morgan fingerprint density at radius 2 is 1.90 bits per heavy atom. The molecule has 0 aromatic heterocycles. The lowest BCUT2D eigenvalue weighted by Crippen LogP contribution is -2.42. The summed E-state index contributed by atoms with van der Waals surface area (Å²) in [6, 6.07) is 6.63. The summed E-state index contributed by atoms with van der Waals surface area (Å²) >= 11 is 3.25. The molecule has 1 aromatic carbocycles. The third-order valence-electron chi connectivity index (χ3n) is 3.03. The van der Waals surface area contributed by atoms with Crippen LogP contribution in [0.15, 0.2) is 28.7 Å². The Kier molecular flexibility index (Phi) is 3.57. The van der Waals surface area contributed by atoms with Crippen molar-refractivity contribution in [3.63, 3.8) is 0 Å². The fraction of sp³-hybridized carbons (Fsp3) is 0.500. The van der Waals surface area contributed by atoms with E-state index in [0.29, 0.717) is 10.0 Å². The fourth-order valence-corrected chi connectivity index (χ4v) is 2.69. The summed E-state index contributed by atoms with van der Waals surface area (Å²) in [6.45, 7) is 5.05. The van der Waals surface area contributed by atoms with Crippen molar-refractivity contribution in [3.05, 3.63) is 34.3 Å². The number of rotatable bonds is 2. The minimum absolute atomic E-state index is 0.357. The van der Waals surface area contributed by atoms with Crippen molar-refractivity contribution in [2.24, 2.45) is 0 Å². The maximum absolute atomic E-state index is 13.8. The monoisotopic (exact) mass is 347 g/mol. The van der Waals surface area contributed by atoms with Gasteiger partial charge >= 0.3 is 6.09 Å². The lowest BCUT2D eigenvalue weighted by Gasteiger charge is -2.24. The summed E-state index contributed by atoms with van der Waals surface area (Å²) < 4.78 is 33.2. The Morgan fingerprint density at radius 1 is 1.35 bits per heavy atom. The van der Waals surface area contributed by atoms with Crippen LogP contribution in [0.2, 0.25) is 0 Å². The molecule has 110 valence electrons. The van der Waals surface area contributed by atoms with Crippen molar-refractivity contribution in [2.75, 3.05) is 0 Å². The van der Waals surface area contributed by atoms with Crippen LogP contribution in [0.25, 0.3) is 0 Å². The van der Waals surface area contributed by atoms with Gasteiger partial charge in [-0.1, -0.05) is 34.1 Å². The van der Waals surface area contributed by atoms with Crippen LogP contribution in [0.3, 0.4) is 0 Å². The van der Waals surface area contributed by atoms with Crippen LogP contribution < -0.4 is 5.32 Å². The molecule has 1 fully saturated rings. The van der Waals surface area contributed by atoms with Crippen molar-refractivity contribution in [3.8, 4) is 0 Å². The number of alkyl carbamates (subject to hydrolysis) is 1. The van der Waals surface area contributed by atoms with E-state index in [4.69, 9.17) is 4.74 Å². The smallest absolute Gasteiger partial charge is 0.408 e. The molecule has 0 radical (unpaired) electrons. The molecule has 0 saturated heterocycles. The van der Waals surface area contributed by atoms with E-state index in [1.54, 1.807) is 45.0 Å². The third-order valence-corrected chi connectivity index (χ3v) is 3.73. The second kappa shape index (κ2) is 4.69. The molecule has 0 aliphatic heterocycles. The molecule has 1 atom stereocenters. The first-order valence-electron chi connectivity index (χ1n) is 6.21. The molecule has 20 heavy (non-hydrogen) atoms. The number of carbonyl (C=O) groups is 1. The van der Waals surface area contributed by atoms with E-state index in [0.717, 1.165) is 0 Å². The molecule has 3 nitrogen and oxygen atoms in total. The van der Waals surface area contributed by atoms with E-state index >= 15 is 0 Å². The van der Waals surface area contributed by atoms with Gasteiger partial charge in [-0.2, -0.15) is 0 Å². The summed E-state index contributed by atoms with van der Waals surface area (Å²) in [5, 5.41) is 2.33. The highest BCUT2D eigenvalue weighted by atomic mass is 79.9. The summed E-state index contributed by atoms with van der Waals surface area (Å²) in [7, 11) is 0. The van der Waals surface area contributed by atoms with E-state index in [1.165, 1.54) is 0 Å². The molecule has 2 rings (SSSR count). The Bertz CT molecular complexity index is 542. The fourth-order valence-electron chi connectivity index (χ4n) is 2.07. The largest absolute Gasteiger partial charge is 0.444 e. The average Bonchev–Trinajstić information content (AvgIpc) is 2.78. The van der Waals surface area contributed by atoms with Crippen molar-refractivity contribution in [1.29, 1.82) is 0 Å². The van der Waals surface area contributed by atoms with Gasteiger partial charge in [-0.25, -0.2) is 13.6 Å². The number of ether oxygens (including phenoxy) is 1. The molecule has 1 saturated carbocycles. The second-order valence-electron chi connectivity index (χ2n) is 5.89. The highest BCUT2D eigenvalue weighted by Gasteiger charge is 2.74. The Hall–Kier alpha value is -1.17. The number of hydrogen-bond acceptors (Lipinski definition) is 2. The molecule has 0 bridgehead atoms. The molecular weight excluding hydrogens is 332 g/mol. The highest BCUT2D eigenvalue weighted by Crippen LogP contribution is 2.60. The minimum Gasteiger partial charge on any atom is -0.444 e. The summed E-state index contributed by atoms with van der Waals surface area (Å²) in [4.78, 5) is 11.8. The quantitative estimate of drug-likeness (QED) is 0.870. The van der Waals surface area contributed by atoms with Crippen molar-refractivity contribution in [1.82, 2.24) is 5.32 Å². The van der Waals surface area contributed by atoms with Gasteiger partial charge < -0.3 is 10.1 Å². The number of nitrogens with one attached hydrogen (secondary N) is 1. The highest BCUT2D eigenvalue weighted by molar-refractivity contribution is 9.10. The zero-order valence-electron chi connectivity index (χ0n) is 11.5. The first-order valence-corrected chi connectivity index (χ1v) is 7.01. The third kappa shape index (κ3) is 2.80. The van der Waals surface area contributed by atoms with Crippen LogP contribution in [0, 0.1) is 0 Å². The maximum atomic E-state index is 13.8. The molecular formula is C14H16BrF2NO2. The SMILES string of the molecule is CC(C)(C)OC(=O)NC1(c2ccccc2Br)CC1(F)F. The van der Waals surface area contributed by atoms with Crippen LogP contribution in [-0.2, 0) is 10.3 Å². The number of carbonyl (C=O) groups excluding carboxylic acids is 1. The van der Waals surface area contributed by atoms with Gasteiger partial charge in [0.1, 0.15) is 11.1 Å². The molecule has 6 heteroatoms. The van der Waals surface area contributed by atoms with Gasteiger partial charge in [0.05, 0.1) is 0 Å². The van der Waals surface area contributed by atoms with E-state index in [-0.39, 0.29) is 0 Å². The van der Waals surface area contributed by atoms with E-state index in [1.807, 2.05) is 0 Å².